The molecule has 0 aliphatic carbocycles. The van der Waals surface area contributed by atoms with Crippen LogP contribution in [0.5, 0.6) is 0 Å². The van der Waals surface area contributed by atoms with Crippen LogP contribution in [0.25, 0.3) is 0 Å². The third kappa shape index (κ3) is 1.81. The summed E-state index contributed by atoms with van der Waals surface area (Å²) in [5, 5.41) is 0. The molecule has 0 spiro atoms. The predicted octanol–water partition coefficient (Wildman–Crippen LogP) is 1.73. The van der Waals surface area contributed by atoms with Crippen LogP contribution in [0.4, 0.5) is 13.2 Å². The zero-order valence-electron chi connectivity index (χ0n) is 6.44. The summed E-state index contributed by atoms with van der Waals surface area (Å²) in [5.74, 6) is -4.12. The maximum atomic E-state index is 12.8. The molecule has 12 heavy (non-hydrogen) atoms. The first-order chi connectivity index (χ1) is 5.41. The van der Waals surface area contributed by atoms with Crippen LogP contribution in [0.15, 0.2) is 18.2 Å². The van der Waals surface area contributed by atoms with Crippen molar-refractivity contribution >= 4 is 13.3 Å². The molecule has 0 saturated carbocycles. The fraction of sp³-hybridized carbons (Fsp3) is 0.250. The number of rotatable bonds is 1. The van der Waals surface area contributed by atoms with E-state index >= 15 is 0 Å². The van der Waals surface area contributed by atoms with Gasteiger partial charge in [0, 0.05) is 6.92 Å². The summed E-state index contributed by atoms with van der Waals surface area (Å²) in [7, 11) is 5.19. The van der Waals surface area contributed by atoms with Crippen molar-refractivity contribution in [2.45, 2.75) is 12.8 Å². The van der Waals surface area contributed by atoms with Gasteiger partial charge >= 0.3 is 0 Å². The van der Waals surface area contributed by atoms with Gasteiger partial charge in [0.1, 0.15) is 13.7 Å². The molecule has 2 radical (unpaired) electrons. The summed E-state index contributed by atoms with van der Waals surface area (Å²) in [6.07, 6.45) is 0. The zero-order valence-corrected chi connectivity index (χ0v) is 6.44. The summed E-state index contributed by atoms with van der Waals surface area (Å²) < 4.78 is 37.9. The summed E-state index contributed by atoms with van der Waals surface area (Å²) in [4.78, 5) is 0. The van der Waals surface area contributed by atoms with Crippen molar-refractivity contribution in [2.75, 3.05) is 0 Å². The van der Waals surface area contributed by atoms with Gasteiger partial charge in [-0.2, -0.15) is 0 Å². The zero-order chi connectivity index (χ0) is 9.35. The van der Waals surface area contributed by atoms with E-state index in [9.17, 15) is 13.2 Å². The normalized spacial score (nSPS) is 11.7. The molecule has 0 saturated heterocycles. The average Bonchev–Trinajstić information content (AvgIpc) is 1.83. The Morgan fingerprint density at radius 3 is 2.33 bits per heavy atom. The molecule has 0 aliphatic heterocycles. The van der Waals surface area contributed by atoms with Crippen molar-refractivity contribution in [3.63, 3.8) is 0 Å². The summed E-state index contributed by atoms with van der Waals surface area (Å²) in [6.45, 7) is 0.640. The minimum absolute atomic E-state index is 0.139. The number of alkyl halides is 2. The third-order valence-corrected chi connectivity index (χ3v) is 1.47. The molecule has 0 unspecified atom stereocenters. The molecular formula is C8H6BF3. The second-order valence-corrected chi connectivity index (χ2v) is 2.63. The van der Waals surface area contributed by atoms with Crippen LogP contribution in [-0.4, -0.2) is 7.85 Å². The molecule has 0 atom stereocenters. The summed E-state index contributed by atoms with van der Waals surface area (Å²) in [6, 6.07) is 3.12. The predicted molar refractivity (Wildman–Crippen MR) is 41.4 cm³/mol. The van der Waals surface area contributed by atoms with E-state index in [2.05, 4.69) is 0 Å². The fourth-order valence-corrected chi connectivity index (χ4v) is 0.887. The van der Waals surface area contributed by atoms with E-state index in [-0.39, 0.29) is 5.46 Å². The van der Waals surface area contributed by atoms with Crippen LogP contribution in [0.1, 0.15) is 12.5 Å². The number of benzene rings is 1. The monoisotopic (exact) mass is 170 g/mol. The van der Waals surface area contributed by atoms with Crippen molar-refractivity contribution in [2.24, 2.45) is 0 Å². The maximum Gasteiger partial charge on any atom is 0.273 e. The van der Waals surface area contributed by atoms with Gasteiger partial charge in [-0.1, -0.05) is 17.6 Å². The number of hydrogen-bond acceptors (Lipinski definition) is 0. The Kier molecular flexibility index (Phi) is 2.17. The molecule has 0 heterocycles. The maximum absolute atomic E-state index is 12.8. The molecule has 1 aromatic carbocycles. The highest BCUT2D eigenvalue weighted by molar-refractivity contribution is 6.32. The highest BCUT2D eigenvalue weighted by Crippen LogP contribution is 2.28. The lowest BCUT2D eigenvalue weighted by molar-refractivity contribution is 0.0138. The lowest BCUT2D eigenvalue weighted by Crippen LogP contribution is -2.13. The van der Waals surface area contributed by atoms with Gasteiger partial charge in [-0.05, 0) is 6.07 Å². The Bertz CT molecular complexity index is 291. The van der Waals surface area contributed by atoms with Gasteiger partial charge in [0.05, 0.1) is 5.56 Å². The fourth-order valence-electron chi connectivity index (χ4n) is 0.887. The lowest BCUT2D eigenvalue weighted by Gasteiger charge is -2.11. The molecule has 1 rings (SSSR count). The largest absolute Gasteiger partial charge is 0.273 e. The summed E-state index contributed by atoms with van der Waals surface area (Å²) in [5.41, 5.74) is -0.489. The lowest BCUT2D eigenvalue weighted by atomic mass is 9.94. The molecule has 0 bridgehead atoms. The van der Waals surface area contributed by atoms with Crippen LogP contribution < -0.4 is 5.46 Å². The molecular weight excluding hydrogens is 164 g/mol. The van der Waals surface area contributed by atoms with Gasteiger partial charge in [-0.15, -0.1) is 0 Å². The van der Waals surface area contributed by atoms with E-state index < -0.39 is 17.3 Å². The second kappa shape index (κ2) is 2.85. The molecule has 4 heteroatoms. The molecule has 0 aliphatic rings. The minimum Gasteiger partial charge on any atom is -0.206 e. The van der Waals surface area contributed by atoms with Crippen LogP contribution in [0.2, 0.25) is 0 Å². The number of hydrogen-bond donors (Lipinski definition) is 0. The van der Waals surface area contributed by atoms with E-state index in [1.165, 1.54) is 6.07 Å². The second-order valence-electron chi connectivity index (χ2n) is 2.63. The van der Waals surface area contributed by atoms with Gasteiger partial charge in [0.2, 0.25) is 0 Å². The van der Waals surface area contributed by atoms with Gasteiger partial charge in [-0.25, -0.2) is 13.2 Å². The smallest absolute Gasteiger partial charge is 0.206 e. The molecule has 62 valence electrons. The van der Waals surface area contributed by atoms with E-state index in [1.807, 2.05) is 0 Å². The van der Waals surface area contributed by atoms with Gasteiger partial charge in [0.15, 0.2) is 0 Å². The molecule has 0 nitrogen and oxygen atoms in total. The van der Waals surface area contributed by atoms with Gasteiger partial charge in [-0.3, -0.25) is 0 Å². The van der Waals surface area contributed by atoms with E-state index in [1.54, 1.807) is 0 Å². The SMILES string of the molecule is [B]c1ccc(C(C)(F)F)c(F)c1. The Balaban J connectivity index is 3.19. The Morgan fingerprint density at radius 1 is 1.33 bits per heavy atom. The molecule has 0 amide bonds. The first-order valence-electron chi connectivity index (χ1n) is 3.34. The van der Waals surface area contributed by atoms with E-state index in [0.717, 1.165) is 12.1 Å². The molecule has 1 aromatic rings. The summed E-state index contributed by atoms with van der Waals surface area (Å²) >= 11 is 0. The van der Waals surface area contributed by atoms with Crippen molar-refractivity contribution in [1.29, 1.82) is 0 Å². The molecule has 0 fully saturated rings. The van der Waals surface area contributed by atoms with Crippen LogP contribution >= 0.6 is 0 Å². The Hall–Kier alpha value is -0.925. The standard InChI is InChI=1S/C8H6BF3/c1-8(11,12)6-3-2-5(9)4-7(6)10/h2-4H,1H3. The average molecular weight is 170 g/mol. The van der Waals surface area contributed by atoms with Crippen molar-refractivity contribution < 1.29 is 13.2 Å². The topological polar surface area (TPSA) is 0 Å². The molecule has 0 N–H and O–H groups in total. The van der Waals surface area contributed by atoms with Crippen LogP contribution in [-0.2, 0) is 5.92 Å². The quantitative estimate of drug-likeness (QED) is 0.563. The highest BCUT2D eigenvalue weighted by atomic mass is 19.3. The van der Waals surface area contributed by atoms with Crippen LogP contribution in [0, 0.1) is 5.82 Å². The van der Waals surface area contributed by atoms with Gasteiger partial charge < -0.3 is 0 Å². The van der Waals surface area contributed by atoms with Crippen molar-refractivity contribution in [1.82, 2.24) is 0 Å². The number of halogens is 3. The first-order valence-corrected chi connectivity index (χ1v) is 3.34. The minimum atomic E-state index is -3.15. The van der Waals surface area contributed by atoms with Crippen molar-refractivity contribution in [3.05, 3.63) is 29.6 Å². The van der Waals surface area contributed by atoms with Gasteiger partial charge in [0.25, 0.3) is 5.92 Å². The Morgan fingerprint density at radius 2 is 1.92 bits per heavy atom. The van der Waals surface area contributed by atoms with E-state index in [0.29, 0.717) is 6.92 Å². The first kappa shape index (κ1) is 9.17. The van der Waals surface area contributed by atoms with E-state index in [4.69, 9.17) is 7.85 Å². The van der Waals surface area contributed by atoms with Crippen molar-refractivity contribution in [3.8, 4) is 0 Å². The highest BCUT2D eigenvalue weighted by Gasteiger charge is 2.27. The third-order valence-electron chi connectivity index (χ3n) is 1.47. The van der Waals surface area contributed by atoms with Crippen LogP contribution in [0.3, 0.4) is 0 Å². The molecule has 0 aromatic heterocycles. The Labute approximate surface area is 69.8 Å².